The van der Waals surface area contributed by atoms with Gasteiger partial charge in [-0.05, 0) is 151 Å². The number of nitro groups is 1. The first kappa shape index (κ1) is 110. The number of non-ortho nitro benzene ring substituents is 1. The number of nitrogens with one attached hydrogen (secondary N) is 8. The van der Waals surface area contributed by atoms with Gasteiger partial charge in [0.1, 0.15) is 47.4 Å². The largest absolute Gasteiger partial charge is 0.514 e. The molecule has 141 heavy (non-hydrogen) atoms. The van der Waals surface area contributed by atoms with Gasteiger partial charge in [0.05, 0.1) is 88.8 Å². The molecule has 0 unspecified atom stereocenters. The third-order valence-corrected chi connectivity index (χ3v) is 23.5. The lowest BCUT2D eigenvalue weighted by atomic mass is 9.86. The normalized spacial score (nSPS) is 19.4. The number of fused-ring (bicyclic) bond motifs is 2. The number of alkyl carbamates (subject to hydrolysis) is 4. The fourth-order valence-corrected chi connectivity index (χ4v) is 16.3. The minimum absolute atomic E-state index is 0.0365. The van der Waals surface area contributed by atoms with Crippen LogP contribution in [0.2, 0.25) is 0 Å². The summed E-state index contributed by atoms with van der Waals surface area (Å²) in [6.07, 6.45) is 1.97. The van der Waals surface area contributed by atoms with Crippen LogP contribution in [0.15, 0.2) is 213 Å². The van der Waals surface area contributed by atoms with Crippen molar-refractivity contribution >= 4 is 60.0 Å². The number of amides is 8. The number of aliphatic hydroxyl groups is 1. The van der Waals surface area contributed by atoms with Crippen LogP contribution < -0.4 is 47.7 Å². The van der Waals surface area contributed by atoms with E-state index in [1.807, 2.05) is 267 Å². The van der Waals surface area contributed by atoms with Gasteiger partial charge in [0.2, 0.25) is 0 Å². The summed E-state index contributed by atoms with van der Waals surface area (Å²) in [4.78, 5) is 134. The maximum Gasteiger partial charge on any atom is 0.514 e. The Morgan fingerprint density at radius 2 is 0.965 bits per heavy atom. The van der Waals surface area contributed by atoms with Gasteiger partial charge in [-0.1, -0.05) is 214 Å². The van der Waals surface area contributed by atoms with E-state index in [1.54, 1.807) is 33.5 Å². The zero-order valence-corrected chi connectivity index (χ0v) is 82.9. The molecule has 760 valence electrons. The molecule has 5 fully saturated rings. The summed E-state index contributed by atoms with van der Waals surface area (Å²) in [6, 6.07) is 54.0. The molecule has 5 aliphatic heterocycles. The second-order valence-corrected chi connectivity index (χ2v) is 39.2. The lowest BCUT2D eigenvalue weighted by Crippen LogP contribution is -2.59. The molecular formula is C103H134N14O24. The van der Waals surface area contributed by atoms with Crippen molar-refractivity contribution in [2.75, 3.05) is 60.8 Å². The molecule has 8 amide bonds. The number of nitro benzene ring substituents is 1. The highest BCUT2D eigenvalue weighted by Gasteiger charge is 2.53. The quantitative estimate of drug-likeness (QED) is 0.00640. The summed E-state index contributed by atoms with van der Waals surface area (Å²) in [5.41, 5.74) is 16.6. The minimum Gasteiger partial charge on any atom is -0.453 e. The second-order valence-electron chi connectivity index (χ2n) is 39.2. The van der Waals surface area contributed by atoms with Crippen LogP contribution in [0.5, 0.6) is 5.75 Å². The van der Waals surface area contributed by atoms with Crippen LogP contribution in [0.1, 0.15) is 138 Å². The number of pyridine rings is 2. The molecule has 13 atom stereocenters. The van der Waals surface area contributed by atoms with Crippen molar-refractivity contribution in [2.24, 2.45) is 28.1 Å². The Labute approximate surface area is 822 Å². The molecule has 0 radical (unpaired) electrons. The Hall–Kier alpha value is -13.3. The third kappa shape index (κ3) is 34.0. The number of carbonyl (C=O) groups excluding carboxylic acids is 9. The molecule has 0 saturated carbocycles. The predicted octanol–water partition coefficient (Wildman–Crippen LogP) is 13.6. The van der Waals surface area contributed by atoms with Gasteiger partial charge >= 0.3 is 36.6 Å². The van der Waals surface area contributed by atoms with Gasteiger partial charge in [-0.2, -0.15) is 0 Å². The Kier molecular flexibility index (Phi) is 39.8. The monoisotopic (exact) mass is 1950 g/mol. The van der Waals surface area contributed by atoms with Crippen molar-refractivity contribution in [2.45, 2.75) is 221 Å². The lowest BCUT2D eigenvalue weighted by molar-refractivity contribution is -0.384. The van der Waals surface area contributed by atoms with E-state index in [1.165, 1.54) is 45.6 Å². The van der Waals surface area contributed by atoms with E-state index in [-0.39, 0.29) is 87.1 Å². The van der Waals surface area contributed by atoms with Gasteiger partial charge in [-0.15, -0.1) is 0 Å². The van der Waals surface area contributed by atoms with Crippen molar-refractivity contribution < 1.29 is 110 Å². The van der Waals surface area contributed by atoms with Crippen molar-refractivity contribution in [1.29, 1.82) is 0 Å². The maximum atomic E-state index is 13.8. The number of aliphatic hydroxyl groups excluding tert-OH is 1. The van der Waals surface area contributed by atoms with Crippen molar-refractivity contribution in [3.05, 3.63) is 251 Å². The van der Waals surface area contributed by atoms with E-state index in [0.29, 0.717) is 32.7 Å². The molecule has 9 N–H and O–H groups in total. The highest BCUT2D eigenvalue weighted by Crippen LogP contribution is 2.39. The zero-order valence-electron chi connectivity index (χ0n) is 82.9. The summed E-state index contributed by atoms with van der Waals surface area (Å²) in [6.45, 7) is 28.8. The number of nitrogens with zero attached hydrogens (tertiary/aromatic N) is 6. The summed E-state index contributed by atoms with van der Waals surface area (Å²) in [7, 11) is 3.76. The van der Waals surface area contributed by atoms with Crippen LogP contribution in [0.4, 0.5) is 34.5 Å². The number of ether oxygens (including phenoxy) is 12. The highest BCUT2D eigenvalue weighted by molar-refractivity contribution is 5.87. The van der Waals surface area contributed by atoms with Gasteiger partial charge in [-0.25, -0.2) is 44.2 Å². The first-order chi connectivity index (χ1) is 66.9. The van der Waals surface area contributed by atoms with Crippen molar-refractivity contribution in [1.82, 2.24) is 67.9 Å². The van der Waals surface area contributed by atoms with E-state index in [9.17, 15) is 58.4 Å². The molecule has 0 aliphatic carbocycles. The summed E-state index contributed by atoms with van der Waals surface area (Å²) in [5.74, 6) is -1.04. The lowest BCUT2D eigenvalue weighted by Gasteiger charge is -2.35. The summed E-state index contributed by atoms with van der Waals surface area (Å²) >= 11 is 0. The SMILES string of the molecule is COC(=O)N[C@H](C(=O)NN(Cc1ccccc1)C[C@@H]1OC(C)(C)N(C(=O)OC(C)(C)C)[C@H]1Cc1ccc(-c2cccnc2)cc1)C(C)(C)C.COC(=O)N[C@H](C(=O)NN(Cc1ccccc1)C[C@H](O)[C@H](Cc1ccc(-c2cccnc2)cc1)NC(=O)O[C@H]1CO[C@H]2OCC[C@H]21)C(C)(C)C.COC(=O)N[C@H](C(=O)NNCc1ccccc1)C(C)(C)C.O=C(Oc1ccc([N+](=O)[O-])cc1)O[C@H]1CO[C@H]2OCC[C@H]21. The predicted molar refractivity (Wildman–Crippen MR) is 520 cm³/mol. The van der Waals surface area contributed by atoms with Crippen molar-refractivity contribution in [3.63, 3.8) is 0 Å². The maximum absolute atomic E-state index is 13.8. The molecule has 13 rings (SSSR count). The molecule has 0 bridgehead atoms. The van der Waals surface area contributed by atoms with Crippen LogP contribution in [0, 0.1) is 38.2 Å². The first-order valence-electron chi connectivity index (χ1n) is 46.7. The number of rotatable bonds is 31. The third-order valence-electron chi connectivity index (χ3n) is 23.5. The summed E-state index contributed by atoms with van der Waals surface area (Å²) in [5, 5.41) is 36.4. The van der Waals surface area contributed by atoms with Crippen LogP contribution in [-0.4, -0.2) is 229 Å². The molecule has 0 spiro atoms. The molecular weight excluding hydrogens is 1820 g/mol. The van der Waals surface area contributed by atoms with E-state index >= 15 is 0 Å². The van der Waals surface area contributed by atoms with Gasteiger partial charge in [0.15, 0.2) is 12.6 Å². The van der Waals surface area contributed by atoms with Gasteiger partial charge < -0.3 is 83.2 Å². The molecule has 38 nitrogen and oxygen atoms in total. The van der Waals surface area contributed by atoms with Crippen LogP contribution in [0.25, 0.3) is 22.3 Å². The Balaban J connectivity index is 0.000000208. The Morgan fingerprint density at radius 3 is 1.41 bits per heavy atom. The van der Waals surface area contributed by atoms with Gasteiger partial charge in [0.25, 0.3) is 23.4 Å². The van der Waals surface area contributed by atoms with Crippen LogP contribution in [-0.2, 0) is 99.0 Å². The van der Waals surface area contributed by atoms with Gasteiger partial charge in [-0.3, -0.25) is 55.6 Å². The van der Waals surface area contributed by atoms with E-state index in [4.69, 9.17) is 52.1 Å². The number of aromatic nitrogens is 2. The fourth-order valence-electron chi connectivity index (χ4n) is 16.3. The average molecular weight is 1950 g/mol. The smallest absolute Gasteiger partial charge is 0.453 e. The number of carbonyl (C=O) groups is 9. The summed E-state index contributed by atoms with van der Waals surface area (Å²) < 4.78 is 64.6. The number of hydrogen-bond acceptors (Lipinski definition) is 29. The van der Waals surface area contributed by atoms with Crippen molar-refractivity contribution in [3.8, 4) is 28.0 Å². The average Bonchev–Trinajstić information content (AvgIpc) is 1.61. The number of hydrazine groups is 3. The zero-order chi connectivity index (χ0) is 102. The second kappa shape index (κ2) is 51.2. The Bertz CT molecular complexity index is 5350. The standard InChI is InChI=1S/C38H51N5O6.C37H47N5O8.C15H23N3O3.C13H13NO7/c1-36(2,3)32(40-34(45)47-9)33(44)41-42(24-27-14-11-10-12-15-27)25-31-30(43(38(7,8)48-31)35(46)49-37(4,5)6)22-26-17-19-28(20-18-26)29-16-13-21-39-23-29;1-37(2,3)32(40-35(45)47-4)33(44)41-42(21-25-9-6-5-7-10-25)22-30(43)29(39-36(46)50-31-23-49-34-28(31)16-18-48-34)19-24-12-14-26(15-13-24)27-11-8-17-38-20-27;1-15(2,3)12(17-14(20)21-4)13(19)18-16-10-11-8-6-5-7-9-11;15-13(20-9-3-1-8(2-4-9)14(16)17)21-11-7-19-12-10(11)5-6-18-12/h10-21,23,30-32H,22,24-25H2,1-9H3,(H,40,45)(H,41,44);5-15,17,20,28-32,34,43H,16,18-19,21-23H2,1-4H3,(H,39,46)(H,40,45)(H,41,44);5-9,12,16H,10H2,1-4H3,(H,17,20)(H,18,19);1-4,10-12H,5-7H2/t30-,31-,32+;28-,29-,30-,31-,32+,34+;12-;10-,11-,12+/m0010/s1. The molecule has 7 heterocycles. The topological polar surface area (TPSA) is 459 Å². The molecule has 5 saturated heterocycles. The first-order valence-corrected chi connectivity index (χ1v) is 46.7. The molecule has 5 aliphatic rings. The fraction of sp³-hybridized carbons (Fsp3) is 0.466. The minimum atomic E-state index is -1.17. The molecule has 38 heteroatoms. The number of benzene rings is 6. The van der Waals surface area contributed by atoms with Crippen LogP contribution >= 0.6 is 0 Å². The van der Waals surface area contributed by atoms with Crippen LogP contribution in [0.3, 0.4) is 0 Å². The van der Waals surface area contributed by atoms with E-state index in [2.05, 4.69) is 57.7 Å². The molecule has 2 aromatic heterocycles. The molecule has 8 aromatic rings. The Morgan fingerprint density at radius 1 is 0.518 bits per heavy atom. The van der Waals surface area contributed by atoms with Gasteiger partial charge in [0, 0.05) is 69.6 Å². The number of methoxy groups -OCH3 is 3. The number of hydrogen-bond donors (Lipinski definition) is 9. The van der Waals surface area contributed by atoms with E-state index in [0.717, 1.165) is 62.9 Å². The highest BCUT2D eigenvalue weighted by atomic mass is 16.8. The molecule has 6 aromatic carbocycles. The van der Waals surface area contributed by atoms with E-state index < -0.39 is 129 Å².